The summed E-state index contributed by atoms with van der Waals surface area (Å²) in [5.41, 5.74) is 0. The number of rotatable bonds is 11. The molecule has 0 aliphatic rings. The Balaban J connectivity index is 3.14. The Labute approximate surface area is 97.8 Å². The molecule has 1 atom stereocenters. The number of aliphatic hydroxyl groups excluding tert-OH is 2. The highest BCUT2D eigenvalue weighted by Crippen LogP contribution is 1.93. The van der Waals surface area contributed by atoms with Gasteiger partial charge in [-0.1, -0.05) is 13.8 Å². The van der Waals surface area contributed by atoms with Gasteiger partial charge in [-0.2, -0.15) is 0 Å². The monoisotopic (exact) mass is 235 g/mol. The van der Waals surface area contributed by atoms with Crippen LogP contribution in [-0.4, -0.2) is 62.4 Å². The van der Waals surface area contributed by atoms with Crippen molar-refractivity contribution in [2.75, 3.05) is 46.1 Å². The molecule has 0 bridgehead atoms. The first-order valence-corrected chi connectivity index (χ1v) is 5.82. The van der Waals surface area contributed by atoms with Crippen LogP contribution in [0.25, 0.3) is 0 Å². The van der Waals surface area contributed by atoms with Crippen LogP contribution in [0.4, 0.5) is 0 Å². The van der Waals surface area contributed by atoms with Gasteiger partial charge in [0.15, 0.2) is 0 Å². The first-order valence-electron chi connectivity index (χ1n) is 5.82. The number of ether oxygens (including phenoxy) is 2. The molecule has 0 saturated heterocycles. The van der Waals surface area contributed by atoms with E-state index in [2.05, 4.69) is 19.2 Å². The van der Waals surface area contributed by atoms with E-state index in [1.807, 2.05) is 0 Å². The van der Waals surface area contributed by atoms with Crippen LogP contribution in [0.5, 0.6) is 0 Å². The molecule has 0 saturated carbocycles. The Bertz CT molecular complexity index is 144. The molecule has 16 heavy (non-hydrogen) atoms. The van der Waals surface area contributed by atoms with Gasteiger partial charge < -0.3 is 25.0 Å². The third-order valence-electron chi connectivity index (χ3n) is 1.80. The molecule has 0 amide bonds. The second-order valence-corrected chi connectivity index (χ2v) is 4.13. The minimum Gasteiger partial charge on any atom is -0.394 e. The van der Waals surface area contributed by atoms with E-state index >= 15 is 0 Å². The summed E-state index contributed by atoms with van der Waals surface area (Å²) in [6, 6.07) is 0. The molecule has 3 N–H and O–H groups in total. The average molecular weight is 235 g/mol. The molecule has 0 aromatic heterocycles. The van der Waals surface area contributed by atoms with Crippen molar-refractivity contribution in [1.82, 2.24) is 5.32 Å². The second kappa shape index (κ2) is 11.3. The van der Waals surface area contributed by atoms with Crippen LogP contribution in [0.15, 0.2) is 0 Å². The predicted octanol–water partition coefficient (Wildman–Crippen LogP) is -0.382. The van der Waals surface area contributed by atoms with Crippen LogP contribution < -0.4 is 5.32 Å². The van der Waals surface area contributed by atoms with Gasteiger partial charge in [0.2, 0.25) is 0 Å². The van der Waals surface area contributed by atoms with Gasteiger partial charge in [0.25, 0.3) is 0 Å². The molecule has 5 nitrogen and oxygen atoms in total. The number of aliphatic hydroxyl groups is 2. The molecule has 0 heterocycles. The number of nitrogens with one attached hydrogen (secondary N) is 1. The predicted molar refractivity (Wildman–Crippen MR) is 62.4 cm³/mol. The van der Waals surface area contributed by atoms with Gasteiger partial charge >= 0.3 is 0 Å². The third kappa shape index (κ3) is 11.9. The Kier molecular flexibility index (Phi) is 11.1. The molecule has 0 fully saturated rings. The average Bonchev–Trinajstić information content (AvgIpc) is 2.22. The zero-order valence-electron chi connectivity index (χ0n) is 10.3. The minimum absolute atomic E-state index is 0.0473. The van der Waals surface area contributed by atoms with Crippen molar-refractivity contribution < 1.29 is 19.7 Å². The molecule has 5 heteroatoms. The van der Waals surface area contributed by atoms with Gasteiger partial charge in [-0.3, -0.25) is 0 Å². The quantitative estimate of drug-likeness (QED) is 0.426. The van der Waals surface area contributed by atoms with E-state index in [1.54, 1.807) is 0 Å². The van der Waals surface area contributed by atoms with E-state index in [9.17, 15) is 5.11 Å². The summed E-state index contributed by atoms with van der Waals surface area (Å²) >= 11 is 0. The van der Waals surface area contributed by atoms with Gasteiger partial charge in [0, 0.05) is 19.7 Å². The van der Waals surface area contributed by atoms with Crippen LogP contribution in [0.3, 0.4) is 0 Å². The highest BCUT2D eigenvalue weighted by Gasteiger charge is 2.04. The minimum atomic E-state index is -0.475. The van der Waals surface area contributed by atoms with Crippen molar-refractivity contribution >= 4 is 0 Å². The fourth-order valence-electron chi connectivity index (χ4n) is 1.08. The molecule has 0 radical (unpaired) electrons. The molecule has 1 unspecified atom stereocenters. The van der Waals surface area contributed by atoms with Gasteiger partial charge in [0.05, 0.1) is 32.5 Å². The van der Waals surface area contributed by atoms with Crippen LogP contribution in [0.1, 0.15) is 13.8 Å². The maximum Gasteiger partial charge on any atom is 0.0897 e. The van der Waals surface area contributed by atoms with E-state index in [-0.39, 0.29) is 6.61 Å². The lowest BCUT2D eigenvalue weighted by atomic mass is 10.2. The number of hydrogen-bond donors (Lipinski definition) is 3. The number of hydrogen-bond acceptors (Lipinski definition) is 5. The topological polar surface area (TPSA) is 71.0 Å². The van der Waals surface area contributed by atoms with E-state index in [1.165, 1.54) is 0 Å². The fourth-order valence-corrected chi connectivity index (χ4v) is 1.08. The lowest BCUT2D eigenvalue weighted by Crippen LogP contribution is -2.32. The second-order valence-electron chi connectivity index (χ2n) is 4.13. The highest BCUT2D eigenvalue weighted by molar-refractivity contribution is 4.58. The smallest absolute Gasteiger partial charge is 0.0897 e. The first kappa shape index (κ1) is 15.8. The Morgan fingerprint density at radius 2 is 1.88 bits per heavy atom. The van der Waals surface area contributed by atoms with Crippen LogP contribution in [-0.2, 0) is 9.47 Å². The van der Waals surface area contributed by atoms with Crippen LogP contribution in [0, 0.1) is 5.92 Å². The van der Waals surface area contributed by atoms with Crippen molar-refractivity contribution in [1.29, 1.82) is 0 Å². The Hall–Kier alpha value is -0.200. The zero-order valence-corrected chi connectivity index (χ0v) is 10.3. The van der Waals surface area contributed by atoms with Crippen molar-refractivity contribution in [3.63, 3.8) is 0 Å². The van der Waals surface area contributed by atoms with E-state index in [0.717, 1.165) is 0 Å². The molecular weight excluding hydrogens is 210 g/mol. The largest absolute Gasteiger partial charge is 0.394 e. The molecule has 0 rings (SSSR count). The standard InChI is InChI=1S/C11H25NO4/c1-10(2)8-16-9-11(14)7-12-3-5-15-6-4-13/h10-14H,3-9H2,1-2H3. The normalized spacial score (nSPS) is 13.3. The SMILES string of the molecule is CC(C)COCC(O)CNCCOCCO. The van der Waals surface area contributed by atoms with Crippen molar-refractivity contribution in [2.24, 2.45) is 5.92 Å². The summed E-state index contributed by atoms with van der Waals surface area (Å²) in [6.45, 7) is 7.31. The summed E-state index contributed by atoms with van der Waals surface area (Å²) in [7, 11) is 0. The molecule has 98 valence electrons. The lowest BCUT2D eigenvalue weighted by Gasteiger charge is -2.13. The summed E-state index contributed by atoms with van der Waals surface area (Å²) in [5.74, 6) is 0.493. The van der Waals surface area contributed by atoms with Gasteiger partial charge in [0.1, 0.15) is 0 Å². The highest BCUT2D eigenvalue weighted by atomic mass is 16.5. The lowest BCUT2D eigenvalue weighted by molar-refractivity contribution is 0.0247. The van der Waals surface area contributed by atoms with Crippen molar-refractivity contribution in [3.8, 4) is 0 Å². The molecule has 0 spiro atoms. The summed E-state index contributed by atoms with van der Waals surface area (Å²) in [6.07, 6.45) is -0.475. The summed E-state index contributed by atoms with van der Waals surface area (Å²) < 4.78 is 10.3. The van der Waals surface area contributed by atoms with Crippen LogP contribution >= 0.6 is 0 Å². The van der Waals surface area contributed by atoms with Crippen molar-refractivity contribution in [2.45, 2.75) is 20.0 Å². The fraction of sp³-hybridized carbons (Fsp3) is 1.00. The maximum absolute atomic E-state index is 9.50. The van der Waals surface area contributed by atoms with E-state index < -0.39 is 6.10 Å². The van der Waals surface area contributed by atoms with Gasteiger partial charge in [-0.25, -0.2) is 0 Å². The summed E-state index contributed by atoms with van der Waals surface area (Å²) in [5, 5.41) is 21.0. The molecular formula is C11H25NO4. The molecule has 0 aliphatic heterocycles. The maximum atomic E-state index is 9.50. The third-order valence-corrected chi connectivity index (χ3v) is 1.80. The first-order chi connectivity index (χ1) is 7.66. The van der Waals surface area contributed by atoms with Gasteiger partial charge in [-0.15, -0.1) is 0 Å². The Morgan fingerprint density at radius 1 is 1.12 bits per heavy atom. The van der Waals surface area contributed by atoms with Crippen molar-refractivity contribution in [3.05, 3.63) is 0 Å². The Morgan fingerprint density at radius 3 is 2.50 bits per heavy atom. The van der Waals surface area contributed by atoms with E-state index in [4.69, 9.17) is 14.6 Å². The molecule has 0 aliphatic carbocycles. The van der Waals surface area contributed by atoms with Crippen LogP contribution in [0.2, 0.25) is 0 Å². The summed E-state index contributed by atoms with van der Waals surface area (Å²) in [4.78, 5) is 0. The molecule has 0 aromatic carbocycles. The molecule has 0 aromatic rings. The zero-order chi connectivity index (χ0) is 12.2. The van der Waals surface area contributed by atoms with Gasteiger partial charge in [-0.05, 0) is 5.92 Å². The van der Waals surface area contributed by atoms with E-state index in [0.29, 0.717) is 45.4 Å².